The van der Waals surface area contributed by atoms with E-state index in [9.17, 15) is 14.4 Å². The van der Waals surface area contributed by atoms with E-state index in [1.165, 1.54) is 18.9 Å². The Morgan fingerprint density at radius 2 is 2.12 bits per heavy atom. The molecule has 2 heterocycles. The predicted octanol–water partition coefficient (Wildman–Crippen LogP) is 0.862. The number of aryl methyl sites for hydroxylation is 1. The Hall–Kier alpha value is -3.03. The van der Waals surface area contributed by atoms with Crippen molar-refractivity contribution in [2.24, 2.45) is 5.92 Å². The van der Waals surface area contributed by atoms with Crippen LogP contribution in [-0.4, -0.2) is 50.4 Å². The van der Waals surface area contributed by atoms with Crippen LogP contribution in [0.5, 0.6) is 0 Å². The molecule has 2 rings (SSSR count). The van der Waals surface area contributed by atoms with Crippen molar-refractivity contribution < 1.29 is 14.7 Å². The Morgan fingerprint density at radius 1 is 1.40 bits per heavy atom. The third-order valence-corrected chi connectivity index (χ3v) is 3.88. The molecule has 132 valence electrons. The number of aromatic amines is 1. The Kier molecular flexibility index (Phi) is 5.63. The SMILES string of the molecule is Cc1nc(-c2cccnc2)[nH]c(=O)c1CC(=O)N(C)CC(C)C(=O)O. The number of carbonyl (C=O) groups excluding carboxylic acids is 1. The van der Waals surface area contributed by atoms with Crippen LogP contribution in [0.25, 0.3) is 11.4 Å². The number of pyridine rings is 1. The average molecular weight is 344 g/mol. The summed E-state index contributed by atoms with van der Waals surface area (Å²) in [5.74, 6) is -1.60. The quantitative estimate of drug-likeness (QED) is 0.803. The Labute approximate surface area is 144 Å². The Bertz CT molecular complexity index is 832. The molecule has 0 spiro atoms. The summed E-state index contributed by atoms with van der Waals surface area (Å²) in [7, 11) is 1.52. The van der Waals surface area contributed by atoms with Crippen LogP contribution in [-0.2, 0) is 16.0 Å². The zero-order valence-electron chi connectivity index (χ0n) is 14.3. The Morgan fingerprint density at radius 3 is 2.68 bits per heavy atom. The minimum Gasteiger partial charge on any atom is -0.481 e. The van der Waals surface area contributed by atoms with Gasteiger partial charge in [-0.3, -0.25) is 19.4 Å². The number of H-pyrrole nitrogens is 1. The minimum absolute atomic E-state index is 0.0757. The molecule has 1 unspecified atom stereocenters. The van der Waals surface area contributed by atoms with Crippen molar-refractivity contribution in [3.05, 3.63) is 46.1 Å². The fourth-order valence-electron chi connectivity index (χ4n) is 2.34. The number of carbonyl (C=O) groups is 2. The zero-order chi connectivity index (χ0) is 18.6. The van der Waals surface area contributed by atoms with Gasteiger partial charge in [0.05, 0.1) is 12.3 Å². The molecule has 8 heteroatoms. The summed E-state index contributed by atoms with van der Waals surface area (Å²) in [6, 6.07) is 3.51. The van der Waals surface area contributed by atoms with Crippen molar-refractivity contribution in [3.63, 3.8) is 0 Å². The highest BCUT2D eigenvalue weighted by Gasteiger charge is 2.20. The molecule has 0 fully saturated rings. The maximum atomic E-state index is 12.3. The first kappa shape index (κ1) is 18.3. The van der Waals surface area contributed by atoms with Gasteiger partial charge < -0.3 is 15.0 Å². The molecule has 1 atom stereocenters. The van der Waals surface area contributed by atoms with Crippen LogP contribution in [0.15, 0.2) is 29.3 Å². The van der Waals surface area contributed by atoms with Crippen molar-refractivity contribution in [1.82, 2.24) is 19.9 Å². The lowest BCUT2D eigenvalue weighted by Gasteiger charge is -2.19. The fourth-order valence-corrected chi connectivity index (χ4v) is 2.34. The molecule has 1 amide bonds. The first-order valence-electron chi connectivity index (χ1n) is 7.76. The van der Waals surface area contributed by atoms with Crippen molar-refractivity contribution in [2.45, 2.75) is 20.3 Å². The number of aromatic nitrogens is 3. The largest absolute Gasteiger partial charge is 0.481 e. The molecule has 0 aliphatic carbocycles. The van der Waals surface area contributed by atoms with Crippen LogP contribution >= 0.6 is 0 Å². The van der Waals surface area contributed by atoms with Crippen molar-refractivity contribution in [1.29, 1.82) is 0 Å². The number of aliphatic carboxylic acids is 1. The van der Waals surface area contributed by atoms with E-state index in [0.717, 1.165) is 0 Å². The molecule has 0 saturated carbocycles. The standard InChI is InChI=1S/C17H20N4O4/c1-10(17(24)25)9-21(3)14(22)7-13-11(2)19-15(20-16(13)23)12-5-4-6-18-8-12/h4-6,8,10H,7,9H2,1-3H3,(H,24,25)(H,19,20,23). The van der Waals surface area contributed by atoms with Crippen LogP contribution in [0.4, 0.5) is 0 Å². The summed E-state index contributed by atoms with van der Waals surface area (Å²) in [6.45, 7) is 3.26. The van der Waals surface area contributed by atoms with Gasteiger partial charge >= 0.3 is 5.97 Å². The number of nitrogens with one attached hydrogen (secondary N) is 1. The highest BCUT2D eigenvalue weighted by molar-refractivity contribution is 5.79. The molecule has 8 nitrogen and oxygen atoms in total. The molecule has 2 aromatic heterocycles. The van der Waals surface area contributed by atoms with Gasteiger partial charge in [-0.15, -0.1) is 0 Å². The van der Waals surface area contributed by atoms with Crippen LogP contribution in [0.1, 0.15) is 18.2 Å². The van der Waals surface area contributed by atoms with Gasteiger partial charge in [-0.25, -0.2) is 4.98 Å². The molecule has 0 saturated heterocycles. The van der Waals surface area contributed by atoms with Gasteiger partial charge in [-0.05, 0) is 19.1 Å². The van der Waals surface area contributed by atoms with E-state index in [4.69, 9.17) is 5.11 Å². The summed E-state index contributed by atoms with van der Waals surface area (Å²) >= 11 is 0. The number of likely N-dealkylation sites (N-methyl/N-ethyl adjacent to an activating group) is 1. The minimum atomic E-state index is -0.976. The second-order valence-corrected chi connectivity index (χ2v) is 5.91. The fraction of sp³-hybridized carbons (Fsp3) is 0.353. The number of rotatable bonds is 6. The number of amides is 1. The normalized spacial score (nSPS) is 11.8. The lowest BCUT2D eigenvalue weighted by molar-refractivity contribution is -0.142. The topological polar surface area (TPSA) is 116 Å². The Balaban J connectivity index is 2.19. The summed E-state index contributed by atoms with van der Waals surface area (Å²) in [5.41, 5.74) is 1.01. The molecule has 0 aliphatic heterocycles. The van der Waals surface area contributed by atoms with Gasteiger partial charge in [-0.1, -0.05) is 6.92 Å². The van der Waals surface area contributed by atoms with Gasteiger partial charge in [0.1, 0.15) is 5.82 Å². The highest BCUT2D eigenvalue weighted by Crippen LogP contribution is 2.13. The van der Waals surface area contributed by atoms with Crippen LogP contribution in [0.3, 0.4) is 0 Å². The van der Waals surface area contributed by atoms with Gasteiger partial charge in [-0.2, -0.15) is 0 Å². The smallest absolute Gasteiger partial charge is 0.308 e. The average Bonchev–Trinajstić information content (AvgIpc) is 2.58. The molecule has 0 aromatic carbocycles. The van der Waals surface area contributed by atoms with E-state index in [0.29, 0.717) is 17.1 Å². The van der Waals surface area contributed by atoms with E-state index >= 15 is 0 Å². The lowest BCUT2D eigenvalue weighted by Crippen LogP contribution is -2.36. The van der Waals surface area contributed by atoms with E-state index < -0.39 is 11.9 Å². The summed E-state index contributed by atoms with van der Waals surface area (Å²) in [4.78, 5) is 47.8. The molecule has 2 N–H and O–H groups in total. The number of hydrogen-bond donors (Lipinski definition) is 2. The first-order valence-corrected chi connectivity index (χ1v) is 7.76. The van der Waals surface area contributed by atoms with Crippen LogP contribution in [0.2, 0.25) is 0 Å². The predicted molar refractivity (Wildman–Crippen MR) is 91.0 cm³/mol. The molecule has 25 heavy (non-hydrogen) atoms. The van der Waals surface area contributed by atoms with Crippen molar-refractivity contribution in [3.8, 4) is 11.4 Å². The summed E-state index contributed by atoms with van der Waals surface area (Å²) < 4.78 is 0. The van der Waals surface area contributed by atoms with Crippen LogP contribution < -0.4 is 5.56 Å². The molecule has 2 aromatic rings. The van der Waals surface area contributed by atoms with E-state index in [1.807, 2.05) is 0 Å². The first-order chi connectivity index (χ1) is 11.8. The number of carboxylic acid groups (broad SMARTS) is 1. The second kappa shape index (κ2) is 7.69. The van der Waals surface area contributed by atoms with Gasteiger partial charge in [0, 0.05) is 42.8 Å². The van der Waals surface area contributed by atoms with E-state index in [2.05, 4.69) is 15.0 Å². The monoisotopic (exact) mass is 344 g/mol. The summed E-state index contributed by atoms with van der Waals surface area (Å²) in [5, 5.41) is 8.92. The molecular formula is C17H20N4O4. The zero-order valence-corrected chi connectivity index (χ0v) is 14.3. The van der Waals surface area contributed by atoms with Crippen molar-refractivity contribution >= 4 is 11.9 Å². The third kappa shape index (κ3) is 4.50. The highest BCUT2D eigenvalue weighted by atomic mass is 16.4. The van der Waals surface area contributed by atoms with Gasteiger partial charge in [0.15, 0.2) is 0 Å². The van der Waals surface area contributed by atoms with E-state index in [-0.39, 0.29) is 30.0 Å². The van der Waals surface area contributed by atoms with Crippen molar-refractivity contribution in [2.75, 3.05) is 13.6 Å². The van der Waals surface area contributed by atoms with E-state index in [1.54, 1.807) is 31.5 Å². The maximum Gasteiger partial charge on any atom is 0.308 e. The number of carboxylic acids is 1. The maximum absolute atomic E-state index is 12.3. The lowest BCUT2D eigenvalue weighted by atomic mass is 10.1. The number of hydrogen-bond acceptors (Lipinski definition) is 5. The number of nitrogens with zero attached hydrogens (tertiary/aromatic N) is 3. The third-order valence-electron chi connectivity index (χ3n) is 3.88. The van der Waals surface area contributed by atoms with Crippen LogP contribution in [0, 0.1) is 12.8 Å². The second-order valence-electron chi connectivity index (χ2n) is 5.91. The molecule has 0 aliphatic rings. The summed E-state index contributed by atoms with van der Waals surface area (Å²) in [6.07, 6.45) is 3.07. The molecule has 0 bridgehead atoms. The van der Waals surface area contributed by atoms with Gasteiger partial charge in [0.25, 0.3) is 5.56 Å². The molecule has 0 radical (unpaired) electrons. The molecular weight excluding hydrogens is 324 g/mol. The van der Waals surface area contributed by atoms with Gasteiger partial charge in [0.2, 0.25) is 5.91 Å².